The van der Waals surface area contributed by atoms with Gasteiger partial charge in [-0.15, -0.1) is 0 Å². The summed E-state index contributed by atoms with van der Waals surface area (Å²) in [6.45, 7) is 3.50. The van der Waals surface area contributed by atoms with E-state index in [2.05, 4.69) is 26.0 Å². The molecule has 3 nitrogen and oxygen atoms in total. The summed E-state index contributed by atoms with van der Waals surface area (Å²) in [5.74, 6) is 0.606. The molecular formula is C14H19BrF3NO2. The van der Waals surface area contributed by atoms with Crippen LogP contribution < -0.4 is 10.1 Å². The Morgan fingerprint density at radius 3 is 2.57 bits per heavy atom. The molecule has 0 unspecified atom stereocenters. The van der Waals surface area contributed by atoms with Crippen molar-refractivity contribution in [2.24, 2.45) is 0 Å². The molecule has 7 heteroatoms. The maximum atomic E-state index is 11.9. The lowest BCUT2D eigenvalue weighted by Crippen LogP contribution is -2.22. The fourth-order valence-corrected chi connectivity index (χ4v) is 1.88. The third-order valence-electron chi connectivity index (χ3n) is 2.48. The van der Waals surface area contributed by atoms with Crippen LogP contribution in [0, 0.1) is 0 Å². The summed E-state index contributed by atoms with van der Waals surface area (Å²) < 4.78 is 46.4. The zero-order chi connectivity index (χ0) is 15.9. The molecule has 0 aliphatic rings. The third kappa shape index (κ3) is 8.28. The normalized spacial score (nSPS) is 12.0. The van der Waals surface area contributed by atoms with E-state index in [4.69, 9.17) is 4.74 Å². The van der Waals surface area contributed by atoms with Crippen LogP contribution in [0.3, 0.4) is 0 Å². The van der Waals surface area contributed by atoms with E-state index in [1.54, 1.807) is 6.07 Å². The van der Waals surface area contributed by atoms with Gasteiger partial charge in [0.25, 0.3) is 0 Å². The first-order chi connectivity index (χ1) is 9.78. The maximum absolute atomic E-state index is 11.9. The topological polar surface area (TPSA) is 30.5 Å². The minimum absolute atomic E-state index is 0.0781. The Morgan fingerprint density at radius 2 is 1.95 bits per heavy atom. The van der Waals surface area contributed by atoms with Crippen LogP contribution in [0.2, 0.25) is 0 Å². The Morgan fingerprint density at radius 1 is 1.24 bits per heavy atom. The van der Waals surface area contributed by atoms with E-state index in [0.717, 1.165) is 10.0 Å². The monoisotopic (exact) mass is 369 g/mol. The van der Waals surface area contributed by atoms with Crippen LogP contribution in [0.25, 0.3) is 0 Å². The van der Waals surface area contributed by atoms with E-state index in [1.165, 1.54) is 0 Å². The molecule has 0 spiro atoms. The van der Waals surface area contributed by atoms with Crippen LogP contribution >= 0.6 is 15.9 Å². The lowest BCUT2D eigenvalue weighted by atomic mass is 10.2. The van der Waals surface area contributed by atoms with Gasteiger partial charge >= 0.3 is 6.18 Å². The summed E-state index contributed by atoms with van der Waals surface area (Å²) in [6, 6.07) is 5.82. The molecule has 1 aromatic rings. The van der Waals surface area contributed by atoms with Crippen molar-refractivity contribution >= 4 is 15.9 Å². The van der Waals surface area contributed by atoms with E-state index in [-0.39, 0.29) is 13.2 Å². The SMILES string of the molecule is CC(C)NCc1cc(OCCOCC(F)(F)F)ccc1Br. The average molecular weight is 370 g/mol. The number of nitrogens with one attached hydrogen (secondary N) is 1. The Labute approximate surface area is 130 Å². The summed E-state index contributed by atoms with van der Waals surface area (Å²) >= 11 is 3.45. The zero-order valence-electron chi connectivity index (χ0n) is 12.0. The van der Waals surface area contributed by atoms with Gasteiger partial charge in [-0.25, -0.2) is 0 Å². The Bertz CT molecular complexity index is 439. The molecule has 0 aromatic heterocycles. The number of ether oxygens (including phenoxy) is 2. The minimum atomic E-state index is -4.30. The molecule has 1 rings (SSSR count). The number of alkyl halides is 3. The summed E-state index contributed by atoms with van der Waals surface area (Å²) in [4.78, 5) is 0. The van der Waals surface area contributed by atoms with Crippen LogP contribution in [0.4, 0.5) is 13.2 Å². The first-order valence-corrected chi connectivity index (χ1v) is 7.36. The summed E-state index contributed by atoms with van der Waals surface area (Å²) in [5, 5.41) is 3.29. The van der Waals surface area contributed by atoms with Crippen LogP contribution in [0.5, 0.6) is 5.75 Å². The Hall–Kier alpha value is -0.790. The minimum Gasteiger partial charge on any atom is -0.491 e. The van der Waals surface area contributed by atoms with Crippen LogP contribution in [-0.2, 0) is 11.3 Å². The molecule has 0 atom stereocenters. The zero-order valence-corrected chi connectivity index (χ0v) is 13.6. The van der Waals surface area contributed by atoms with Crippen molar-refractivity contribution in [2.45, 2.75) is 32.6 Å². The van der Waals surface area contributed by atoms with Crippen LogP contribution in [0.1, 0.15) is 19.4 Å². The molecule has 0 saturated heterocycles. The molecule has 0 radical (unpaired) electrons. The maximum Gasteiger partial charge on any atom is 0.411 e. The van der Waals surface area contributed by atoms with Crippen molar-refractivity contribution in [1.29, 1.82) is 0 Å². The molecular weight excluding hydrogens is 351 g/mol. The number of halogens is 4. The predicted molar refractivity (Wildman–Crippen MR) is 78.5 cm³/mol. The first kappa shape index (κ1) is 18.3. The Kier molecular flexibility index (Phi) is 7.48. The molecule has 0 bridgehead atoms. The van der Waals surface area contributed by atoms with E-state index >= 15 is 0 Å². The van der Waals surface area contributed by atoms with Gasteiger partial charge in [0.15, 0.2) is 0 Å². The smallest absolute Gasteiger partial charge is 0.411 e. The van der Waals surface area contributed by atoms with Gasteiger partial charge in [-0.3, -0.25) is 0 Å². The van der Waals surface area contributed by atoms with Crippen molar-refractivity contribution in [2.75, 3.05) is 19.8 Å². The van der Waals surface area contributed by atoms with Gasteiger partial charge in [0.05, 0.1) is 6.61 Å². The lowest BCUT2D eigenvalue weighted by molar-refractivity contribution is -0.175. The lowest BCUT2D eigenvalue weighted by Gasteiger charge is -2.13. The number of rotatable bonds is 8. The quantitative estimate of drug-likeness (QED) is 0.704. The highest BCUT2D eigenvalue weighted by Gasteiger charge is 2.27. The molecule has 21 heavy (non-hydrogen) atoms. The average Bonchev–Trinajstić information content (AvgIpc) is 2.37. The fraction of sp³-hybridized carbons (Fsp3) is 0.571. The van der Waals surface area contributed by atoms with Crippen molar-refractivity contribution in [3.8, 4) is 5.75 Å². The number of hydrogen-bond acceptors (Lipinski definition) is 3. The highest BCUT2D eigenvalue weighted by molar-refractivity contribution is 9.10. The molecule has 0 aliphatic carbocycles. The fourth-order valence-electron chi connectivity index (χ4n) is 1.50. The highest BCUT2D eigenvalue weighted by atomic mass is 79.9. The second-order valence-corrected chi connectivity index (χ2v) is 5.66. The first-order valence-electron chi connectivity index (χ1n) is 6.57. The van der Waals surface area contributed by atoms with Crippen LogP contribution in [0.15, 0.2) is 22.7 Å². The molecule has 0 aliphatic heterocycles. The predicted octanol–water partition coefficient (Wildman–Crippen LogP) is 3.90. The Balaban J connectivity index is 2.40. The summed E-state index contributed by atoms with van der Waals surface area (Å²) in [6.07, 6.45) is -4.30. The van der Waals surface area contributed by atoms with E-state index < -0.39 is 12.8 Å². The second-order valence-electron chi connectivity index (χ2n) is 4.81. The van der Waals surface area contributed by atoms with Crippen molar-refractivity contribution in [3.05, 3.63) is 28.2 Å². The van der Waals surface area contributed by atoms with Gasteiger partial charge in [-0.2, -0.15) is 13.2 Å². The molecule has 0 fully saturated rings. The van der Waals surface area contributed by atoms with Gasteiger partial charge < -0.3 is 14.8 Å². The van der Waals surface area contributed by atoms with E-state index in [9.17, 15) is 13.2 Å². The van der Waals surface area contributed by atoms with Gasteiger partial charge in [0, 0.05) is 17.1 Å². The number of hydrogen-bond donors (Lipinski definition) is 1. The molecule has 0 heterocycles. The van der Waals surface area contributed by atoms with E-state index in [1.807, 2.05) is 26.0 Å². The third-order valence-corrected chi connectivity index (χ3v) is 3.25. The van der Waals surface area contributed by atoms with Gasteiger partial charge in [0.1, 0.15) is 19.0 Å². The van der Waals surface area contributed by atoms with Crippen molar-refractivity contribution in [3.63, 3.8) is 0 Å². The molecule has 1 N–H and O–H groups in total. The largest absolute Gasteiger partial charge is 0.491 e. The standard InChI is InChI=1S/C14H19BrF3NO2/c1-10(2)19-8-11-7-12(3-4-13(11)15)21-6-5-20-9-14(16,17)18/h3-4,7,10,19H,5-6,8-9H2,1-2H3. The van der Waals surface area contributed by atoms with Gasteiger partial charge in [-0.1, -0.05) is 29.8 Å². The summed E-state index contributed by atoms with van der Waals surface area (Å²) in [5.41, 5.74) is 1.03. The molecule has 0 saturated carbocycles. The number of benzene rings is 1. The molecule has 0 amide bonds. The van der Waals surface area contributed by atoms with E-state index in [0.29, 0.717) is 18.3 Å². The highest BCUT2D eigenvalue weighted by Crippen LogP contribution is 2.22. The summed E-state index contributed by atoms with van der Waals surface area (Å²) in [7, 11) is 0. The van der Waals surface area contributed by atoms with Crippen LogP contribution in [-0.4, -0.2) is 32.0 Å². The van der Waals surface area contributed by atoms with Crippen molar-refractivity contribution in [1.82, 2.24) is 5.32 Å². The second kappa shape index (κ2) is 8.60. The molecule has 1 aromatic carbocycles. The van der Waals surface area contributed by atoms with Crippen molar-refractivity contribution < 1.29 is 22.6 Å². The molecule has 120 valence electrons. The van der Waals surface area contributed by atoms with Gasteiger partial charge in [-0.05, 0) is 23.8 Å². The van der Waals surface area contributed by atoms with Gasteiger partial charge in [0.2, 0.25) is 0 Å².